The van der Waals surface area contributed by atoms with Crippen molar-refractivity contribution in [1.29, 1.82) is 0 Å². The highest BCUT2D eigenvalue weighted by atomic mass is 15.4. The molecule has 0 aliphatic carbocycles. The monoisotopic (exact) mass is 127 g/mol. The molecule has 0 radical (unpaired) electrons. The van der Waals surface area contributed by atoms with Crippen LogP contribution in [0.25, 0.3) is 0 Å². The Morgan fingerprint density at radius 2 is 2.44 bits per heavy atom. The average molecular weight is 127 g/mol. The summed E-state index contributed by atoms with van der Waals surface area (Å²) in [6.45, 7) is 0. The zero-order chi connectivity index (χ0) is 6.69. The number of hydrogen-bond donors (Lipinski definition) is 3. The van der Waals surface area contributed by atoms with Crippen molar-refractivity contribution in [2.45, 2.75) is 0 Å². The third kappa shape index (κ3) is 1.41. The Labute approximate surface area is 51.2 Å². The maximum Gasteiger partial charge on any atom is 0.288 e. The van der Waals surface area contributed by atoms with E-state index < -0.39 is 0 Å². The molecule has 0 fully saturated rings. The highest BCUT2D eigenvalue weighted by Crippen LogP contribution is 1.59. The fourth-order valence-electron chi connectivity index (χ4n) is 0.406. The zero-order valence-corrected chi connectivity index (χ0v) is 4.65. The lowest BCUT2D eigenvalue weighted by atomic mass is 11.1. The van der Waals surface area contributed by atoms with Gasteiger partial charge in [-0.2, -0.15) is 0 Å². The van der Waals surface area contributed by atoms with Crippen LogP contribution in [0.15, 0.2) is 17.8 Å². The first-order valence-electron chi connectivity index (χ1n) is 2.29. The van der Waals surface area contributed by atoms with E-state index in [9.17, 15) is 0 Å². The van der Waals surface area contributed by atoms with Crippen LogP contribution >= 0.6 is 0 Å². The van der Waals surface area contributed by atoms with Gasteiger partial charge in [0.05, 0.1) is 0 Å². The van der Waals surface area contributed by atoms with Crippen molar-refractivity contribution in [2.75, 3.05) is 0 Å². The van der Waals surface area contributed by atoms with Crippen molar-refractivity contribution >= 4 is 5.96 Å². The molecular weight excluding hydrogens is 120 g/mol. The number of aromatic nitrogens is 3. The molecule has 0 saturated heterocycles. The van der Waals surface area contributed by atoms with Gasteiger partial charge < -0.3 is 11.5 Å². The molecule has 1 rings (SSSR count). The Morgan fingerprint density at radius 1 is 1.67 bits per heavy atom. The normalized spacial score (nSPS) is 8.89. The van der Waals surface area contributed by atoms with Crippen LogP contribution in [0, 0.1) is 0 Å². The molecule has 0 unspecified atom stereocenters. The van der Waals surface area contributed by atoms with E-state index in [1.54, 1.807) is 0 Å². The largest absolute Gasteiger partial charge is 0.367 e. The fourth-order valence-corrected chi connectivity index (χ4v) is 0.406. The van der Waals surface area contributed by atoms with Gasteiger partial charge >= 0.3 is 0 Å². The van der Waals surface area contributed by atoms with Crippen molar-refractivity contribution in [3.05, 3.63) is 12.7 Å². The van der Waals surface area contributed by atoms with Gasteiger partial charge in [0.15, 0.2) is 0 Å². The van der Waals surface area contributed by atoms with E-state index in [1.807, 2.05) is 0 Å². The molecule has 48 valence electrons. The van der Waals surface area contributed by atoms with Crippen LogP contribution in [0.1, 0.15) is 0 Å². The molecule has 0 aromatic carbocycles. The van der Waals surface area contributed by atoms with Gasteiger partial charge in [-0.1, -0.05) is 5.10 Å². The summed E-state index contributed by atoms with van der Waals surface area (Å²) in [4.78, 5) is 0. The van der Waals surface area contributed by atoms with Crippen LogP contribution in [-0.2, 0) is 0 Å². The first-order chi connectivity index (χ1) is 4.29. The van der Waals surface area contributed by atoms with Crippen LogP contribution in [0.2, 0.25) is 0 Å². The molecule has 1 aromatic rings. The average Bonchev–Trinajstić information content (AvgIpc) is 2.15. The lowest BCUT2D eigenvalue weighted by Crippen LogP contribution is -2.34. The predicted molar refractivity (Wildman–Crippen MR) is 30.0 cm³/mol. The number of nitrogens with zero attached hydrogens (tertiary/aromatic N) is 3. The van der Waals surface area contributed by atoms with Crippen LogP contribution in [-0.4, -0.2) is 16.2 Å². The van der Waals surface area contributed by atoms with E-state index in [0.717, 1.165) is 0 Å². The SMILES string of the molecule is NC(N)=N[n+]1cn[nH]c1. The molecule has 5 N–H and O–H groups in total. The zero-order valence-electron chi connectivity index (χ0n) is 4.65. The summed E-state index contributed by atoms with van der Waals surface area (Å²) in [6, 6.07) is 0. The van der Waals surface area contributed by atoms with Gasteiger partial charge in [0.1, 0.15) is 0 Å². The first-order valence-corrected chi connectivity index (χ1v) is 2.29. The molecule has 0 aliphatic rings. The van der Waals surface area contributed by atoms with Gasteiger partial charge in [0.25, 0.3) is 6.33 Å². The number of aromatic amines is 1. The maximum atomic E-state index is 5.05. The maximum absolute atomic E-state index is 5.05. The van der Waals surface area contributed by atoms with E-state index >= 15 is 0 Å². The lowest BCUT2D eigenvalue weighted by Gasteiger charge is -1.82. The van der Waals surface area contributed by atoms with Gasteiger partial charge in [-0.3, -0.25) is 0 Å². The molecular formula is C3H7N6+. The topological polar surface area (TPSA) is 97.0 Å². The van der Waals surface area contributed by atoms with Gasteiger partial charge in [-0.15, -0.1) is 9.77 Å². The number of rotatable bonds is 1. The van der Waals surface area contributed by atoms with Gasteiger partial charge in [0.2, 0.25) is 12.3 Å². The number of H-pyrrole nitrogens is 1. The molecule has 1 heterocycles. The van der Waals surface area contributed by atoms with Gasteiger partial charge in [-0.05, 0) is 0 Å². The predicted octanol–water partition coefficient (Wildman–Crippen LogP) is -2.27. The summed E-state index contributed by atoms with van der Waals surface area (Å²) in [7, 11) is 0. The molecule has 6 heteroatoms. The van der Waals surface area contributed by atoms with Crippen molar-refractivity contribution < 1.29 is 4.68 Å². The number of nitrogens with one attached hydrogen (secondary N) is 1. The lowest BCUT2D eigenvalue weighted by molar-refractivity contribution is -0.679. The smallest absolute Gasteiger partial charge is 0.288 e. The van der Waals surface area contributed by atoms with E-state index in [2.05, 4.69) is 15.3 Å². The van der Waals surface area contributed by atoms with Crippen LogP contribution in [0.5, 0.6) is 0 Å². The fraction of sp³-hybridized carbons (Fsp3) is 0. The second-order valence-electron chi connectivity index (χ2n) is 1.41. The molecule has 1 aromatic heterocycles. The molecule has 9 heavy (non-hydrogen) atoms. The van der Waals surface area contributed by atoms with Crippen molar-refractivity contribution in [3.63, 3.8) is 0 Å². The minimum absolute atomic E-state index is 0.00130. The summed E-state index contributed by atoms with van der Waals surface area (Å²) in [6.07, 6.45) is 2.96. The summed E-state index contributed by atoms with van der Waals surface area (Å²) in [5, 5.41) is 9.74. The summed E-state index contributed by atoms with van der Waals surface area (Å²) in [5.74, 6) is 0.00130. The van der Waals surface area contributed by atoms with Crippen LogP contribution in [0.4, 0.5) is 0 Å². The third-order valence-corrected chi connectivity index (χ3v) is 0.672. The van der Waals surface area contributed by atoms with Gasteiger partial charge in [-0.25, -0.2) is 0 Å². The van der Waals surface area contributed by atoms with Crippen molar-refractivity contribution in [3.8, 4) is 0 Å². The second-order valence-corrected chi connectivity index (χ2v) is 1.41. The third-order valence-electron chi connectivity index (χ3n) is 0.672. The molecule has 0 bridgehead atoms. The Bertz CT molecular complexity index is 194. The highest BCUT2D eigenvalue weighted by molar-refractivity contribution is 5.74. The number of hydrogen-bond acceptors (Lipinski definition) is 2. The quantitative estimate of drug-likeness (QED) is 0.225. The van der Waals surface area contributed by atoms with Crippen LogP contribution in [0.3, 0.4) is 0 Å². The van der Waals surface area contributed by atoms with E-state index in [1.165, 1.54) is 17.3 Å². The Hall–Kier alpha value is -1.59. The number of nitrogens with two attached hydrogens (primary N) is 2. The minimum atomic E-state index is 0.00130. The first kappa shape index (κ1) is 5.54. The Balaban J connectivity index is 2.80. The molecule has 0 amide bonds. The van der Waals surface area contributed by atoms with Gasteiger partial charge in [0, 0.05) is 5.10 Å². The summed E-state index contributed by atoms with van der Waals surface area (Å²) in [5.41, 5.74) is 10.1. The summed E-state index contributed by atoms with van der Waals surface area (Å²) >= 11 is 0. The van der Waals surface area contributed by atoms with Crippen molar-refractivity contribution in [1.82, 2.24) is 10.2 Å². The highest BCUT2D eigenvalue weighted by Gasteiger charge is 1.91. The minimum Gasteiger partial charge on any atom is -0.367 e. The van der Waals surface area contributed by atoms with Crippen molar-refractivity contribution in [2.24, 2.45) is 16.6 Å². The van der Waals surface area contributed by atoms with E-state index in [0.29, 0.717) is 0 Å². The van der Waals surface area contributed by atoms with Crippen LogP contribution < -0.4 is 16.1 Å². The second kappa shape index (κ2) is 2.12. The molecule has 0 aliphatic heterocycles. The standard InChI is InChI=1S/C3H6N6/c4-3(5)8-9-1-6-7-2-9/h1-2H,(H4,4,5,8)/p+1. The Kier molecular flexibility index (Phi) is 1.31. The molecule has 6 nitrogen and oxygen atoms in total. The molecule has 0 atom stereocenters. The Morgan fingerprint density at radius 3 is 2.89 bits per heavy atom. The number of guanidine groups is 1. The molecule has 0 saturated carbocycles. The van der Waals surface area contributed by atoms with E-state index in [4.69, 9.17) is 11.5 Å². The molecule has 0 spiro atoms. The van der Waals surface area contributed by atoms with E-state index in [-0.39, 0.29) is 5.96 Å². The summed E-state index contributed by atoms with van der Waals surface area (Å²) < 4.78 is 1.37.